The summed E-state index contributed by atoms with van der Waals surface area (Å²) in [7, 11) is 0. The van der Waals surface area contributed by atoms with Crippen LogP contribution in [0.4, 0.5) is 5.69 Å². The number of anilines is 1. The Morgan fingerprint density at radius 1 is 1.16 bits per heavy atom. The van der Waals surface area contributed by atoms with Crippen molar-refractivity contribution in [2.75, 3.05) is 11.1 Å². The van der Waals surface area contributed by atoms with Gasteiger partial charge >= 0.3 is 0 Å². The van der Waals surface area contributed by atoms with Crippen molar-refractivity contribution >= 4 is 66.8 Å². The second-order valence-electron chi connectivity index (χ2n) is 4.84. The highest BCUT2D eigenvalue weighted by Crippen LogP contribution is 2.27. The first kappa shape index (κ1) is 18.4. The molecule has 0 unspecified atom stereocenters. The van der Waals surface area contributed by atoms with Crippen LogP contribution in [0, 0.1) is 0 Å². The summed E-state index contributed by atoms with van der Waals surface area (Å²) in [5.74, 6) is 0.366. The maximum atomic E-state index is 12.1. The minimum Gasteiger partial charge on any atom is -0.411 e. The molecule has 0 bridgehead atoms. The van der Waals surface area contributed by atoms with E-state index in [2.05, 4.69) is 47.4 Å². The summed E-state index contributed by atoms with van der Waals surface area (Å²) >= 11 is 13.8. The van der Waals surface area contributed by atoms with Gasteiger partial charge in [-0.25, -0.2) is 0 Å². The molecule has 9 heteroatoms. The van der Waals surface area contributed by atoms with Gasteiger partial charge in [-0.2, -0.15) is 0 Å². The zero-order valence-corrected chi connectivity index (χ0v) is 17.2. The largest absolute Gasteiger partial charge is 0.411 e. The molecule has 0 saturated carbocycles. The van der Waals surface area contributed by atoms with Crippen LogP contribution in [0.5, 0.6) is 0 Å². The third-order valence-corrected chi connectivity index (χ3v) is 5.28. The molecule has 1 aromatic heterocycles. The lowest BCUT2D eigenvalue weighted by Gasteiger charge is -2.06. The minimum atomic E-state index is -0.171. The zero-order valence-electron chi connectivity index (χ0n) is 12.5. The lowest BCUT2D eigenvalue weighted by molar-refractivity contribution is -0.113. The van der Waals surface area contributed by atoms with Gasteiger partial charge in [0.15, 0.2) is 0 Å². The molecule has 0 aliphatic rings. The first-order valence-electron chi connectivity index (χ1n) is 6.98. The van der Waals surface area contributed by atoms with Crippen LogP contribution >= 0.6 is 55.2 Å². The summed E-state index contributed by atoms with van der Waals surface area (Å²) in [5, 5.41) is 11.7. The van der Waals surface area contributed by atoms with Gasteiger partial charge in [0.1, 0.15) is 0 Å². The van der Waals surface area contributed by atoms with Crippen molar-refractivity contribution in [3.8, 4) is 11.5 Å². The molecular formula is C16H10Br2ClN3O2S. The summed E-state index contributed by atoms with van der Waals surface area (Å²) in [4.78, 5) is 12.1. The van der Waals surface area contributed by atoms with E-state index in [1.54, 1.807) is 24.3 Å². The molecule has 0 radical (unpaired) electrons. The highest BCUT2D eigenvalue weighted by Gasteiger charge is 2.12. The molecule has 1 heterocycles. The molecule has 3 rings (SSSR count). The highest BCUT2D eigenvalue weighted by molar-refractivity contribution is 9.11. The van der Waals surface area contributed by atoms with Crippen LogP contribution in [0.2, 0.25) is 5.02 Å². The lowest BCUT2D eigenvalue weighted by Crippen LogP contribution is -2.14. The molecule has 3 aromatic rings. The van der Waals surface area contributed by atoms with Gasteiger partial charge in [-0.3, -0.25) is 4.79 Å². The Morgan fingerprint density at radius 2 is 1.92 bits per heavy atom. The molecule has 0 spiro atoms. The summed E-state index contributed by atoms with van der Waals surface area (Å²) in [6, 6.07) is 12.6. The number of aromatic nitrogens is 2. The second kappa shape index (κ2) is 8.35. The van der Waals surface area contributed by atoms with Crippen LogP contribution < -0.4 is 5.32 Å². The summed E-state index contributed by atoms with van der Waals surface area (Å²) < 4.78 is 7.23. The number of nitrogens with one attached hydrogen (secondary N) is 1. The number of hydrogen-bond acceptors (Lipinski definition) is 5. The maximum Gasteiger partial charge on any atom is 0.277 e. The van der Waals surface area contributed by atoms with E-state index in [4.69, 9.17) is 16.0 Å². The van der Waals surface area contributed by atoms with Gasteiger partial charge in [0.2, 0.25) is 11.8 Å². The van der Waals surface area contributed by atoms with Gasteiger partial charge in [0.05, 0.1) is 11.4 Å². The monoisotopic (exact) mass is 501 g/mol. The number of thioether (sulfide) groups is 1. The van der Waals surface area contributed by atoms with Crippen LogP contribution in [-0.2, 0) is 4.79 Å². The fourth-order valence-electron chi connectivity index (χ4n) is 1.88. The average molecular weight is 504 g/mol. The SMILES string of the molecule is O=C(CSc1nnc(-c2ccc(Cl)cc2)o1)Nc1cc(Br)ccc1Br. The number of carbonyl (C=O) groups is 1. The topological polar surface area (TPSA) is 68.0 Å². The van der Waals surface area contributed by atoms with Gasteiger partial charge in [-0.15, -0.1) is 10.2 Å². The Kier molecular flexibility index (Phi) is 6.16. The molecule has 5 nitrogen and oxygen atoms in total. The van der Waals surface area contributed by atoms with E-state index < -0.39 is 0 Å². The van der Waals surface area contributed by atoms with E-state index in [1.807, 2.05) is 18.2 Å². The predicted octanol–water partition coefficient (Wildman–Crippen LogP) is 5.65. The number of amides is 1. The van der Waals surface area contributed by atoms with Crippen molar-refractivity contribution < 1.29 is 9.21 Å². The first-order valence-corrected chi connectivity index (χ1v) is 9.93. The fraction of sp³-hybridized carbons (Fsp3) is 0.0625. The second-order valence-corrected chi connectivity index (χ2v) is 7.97. The highest BCUT2D eigenvalue weighted by atomic mass is 79.9. The van der Waals surface area contributed by atoms with Crippen molar-refractivity contribution in [1.82, 2.24) is 10.2 Å². The van der Waals surface area contributed by atoms with Gasteiger partial charge in [-0.05, 0) is 58.4 Å². The molecule has 0 aliphatic carbocycles. The van der Waals surface area contributed by atoms with E-state index in [0.717, 1.165) is 14.5 Å². The van der Waals surface area contributed by atoms with Crippen LogP contribution in [0.25, 0.3) is 11.5 Å². The third kappa shape index (κ3) is 5.07. The Hall–Kier alpha value is -1.35. The van der Waals surface area contributed by atoms with E-state index in [-0.39, 0.29) is 11.7 Å². The molecule has 128 valence electrons. The summed E-state index contributed by atoms with van der Waals surface area (Å²) in [5.41, 5.74) is 1.46. The quantitative estimate of drug-likeness (QED) is 0.456. The summed E-state index contributed by atoms with van der Waals surface area (Å²) in [6.45, 7) is 0. The summed E-state index contributed by atoms with van der Waals surface area (Å²) in [6.07, 6.45) is 0. The zero-order chi connectivity index (χ0) is 17.8. The molecular weight excluding hydrogens is 494 g/mol. The number of halogens is 3. The van der Waals surface area contributed by atoms with E-state index in [0.29, 0.717) is 21.8 Å². The Bertz CT molecular complexity index is 903. The molecule has 0 aliphatic heterocycles. The Morgan fingerprint density at radius 3 is 2.68 bits per heavy atom. The van der Waals surface area contributed by atoms with E-state index in [1.165, 1.54) is 11.8 Å². The van der Waals surface area contributed by atoms with E-state index >= 15 is 0 Å². The van der Waals surface area contributed by atoms with Crippen molar-refractivity contribution in [3.63, 3.8) is 0 Å². The van der Waals surface area contributed by atoms with Crippen LogP contribution in [0.1, 0.15) is 0 Å². The van der Waals surface area contributed by atoms with Crippen molar-refractivity contribution in [2.24, 2.45) is 0 Å². The van der Waals surface area contributed by atoms with Gasteiger partial charge in [-0.1, -0.05) is 39.3 Å². The predicted molar refractivity (Wildman–Crippen MR) is 106 cm³/mol. The molecule has 1 N–H and O–H groups in total. The number of rotatable bonds is 5. The van der Waals surface area contributed by atoms with Gasteiger partial charge in [0, 0.05) is 19.5 Å². The molecule has 2 aromatic carbocycles. The number of carbonyl (C=O) groups excluding carboxylic acids is 1. The van der Waals surface area contributed by atoms with Crippen LogP contribution in [0.15, 0.2) is 61.0 Å². The number of hydrogen-bond donors (Lipinski definition) is 1. The Balaban J connectivity index is 1.59. The smallest absolute Gasteiger partial charge is 0.277 e. The molecule has 25 heavy (non-hydrogen) atoms. The average Bonchev–Trinajstić information content (AvgIpc) is 3.06. The van der Waals surface area contributed by atoms with Crippen molar-refractivity contribution in [1.29, 1.82) is 0 Å². The molecule has 1 amide bonds. The van der Waals surface area contributed by atoms with E-state index in [9.17, 15) is 4.79 Å². The maximum absolute atomic E-state index is 12.1. The third-order valence-electron chi connectivity index (χ3n) is 3.03. The normalized spacial score (nSPS) is 10.7. The molecule has 0 fully saturated rings. The molecule has 0 atom stereocenters. The first-order chi connectivity index (χ1) is 12.0. The standard InChI is InChI=1S/C16H10Br2ClN3O2S/c17-10-3-6-12(18)13(7-10)20-14(23)8-25-16-22-21-15(24-16)9-1-4-11(19)5-2-9/h1-7H,8H2,(H,20,23). The van der Waals surface area contributed by atoms with Gasteiger partial charge in [0.25, 0.3) is 5.22 Å². The van der Waals surface area contributed by atoms with Crippen LogP contribution in [-0.4, -0.2) is 21.9 Å². The lowest BCUT2D eigenvalue weighted by atomic mass is 10.2. The molecule has 0 saturated heterocycles. The number of benzene rings is 2. The van der Waals surface area contributed by atoms with Crippen molar-refractivity contribution in [2.45, 2.75) is 5.22 Å². The van der Waals surface area contributed by atoms with Crippen molar-refractivity contribution in [3.05, 3.63) is 56.4 Å². The Labute approximate surface area is 169 Å². The number of nitrogens with zero attached hydrogens (tertiary/aromatic N) is 2. The fourth-order valence-corrected chi connectivity index (χ4v) is 3.28. The minimum absolute atomic E-state index is 0.154. The van der Waals surface area contributed by atoms with Gasteiger partial charge < -0.3 is 9.73 Å². The van der Waals surface area contributed by atoms with Crippen LogP contribution in [0.3, 0.4) is 0 Å².